The number of hydrogen-bond acceptors (Lipinski definition) is 4. The summed E-state index contributed by atoms with van der Waals surface area (Å²) in [6, 6.07) is 8.26. The quantitative estimate of drug-likeness (QED) is 0.459. The molecule has 3 atom stereocenters. The molecule has 2 heterocycles. The molecule has 0 aliphatic carbocycles. The fourth-order valence-electron chi connectivity index (χ4n) is 3.78. The van der Waals surface area contributed by atoms with E-state index >= 15 is 0 Å². The lowest BCUT2D eigenvalue weighted by Gasteiger charge is -2.35. The molecule has 0 aromatic heterocycles. The van der Waals surface area contributed by atoms with Gasteiger partial charge in [0.25, 0.3) is 0 Å². The molecule has 1 saturated heterocycles. The van der Waals surface area contributed by atoms with Crippen LogP contribution >= 0.6 is 0 Å². The van der Waals surface area contributed by atoms with Gasteiger partial charge in [-0.2, -0.15) is 0 Å². The first kappa shape index (κ1) is 19.0. The summed E-state index contributed by atoms with van der Waals surface area (Å²) in [6.45, 7) is 9.10. The SMILES string of the molecule is CN=C(NCCCN1CC(C)OC(C)C1)NCC1Cc2ccccc2O1. The Balaban J connectivity index is 1.32. The average Bonchev–Trinajstić information content (AvgIpc) is 3.03. The van der Waals surface area contributed by atoms with Crippen molar-refractivity contribution >= 4 is 5.96 Å². The third-order valence-corrected chi connectivity index (χ3v) is 4.87. The monoisotopic (exact) mass is 360 g/mol. The molecule has 0 radical (unpaired) electrons. The van der Waals surface area contributed by atoms with Crippen molar-refractivity contribution in [1.29, 1.82) is 0 Å². The van der Waals surface area contributed by atoms with Gasteiger partial charge in [0, 0.05) is 39.6 Å². The molecule has 2 aliphatic heterocycles. The molecule has 6 heteroatoms. The van der Waals surface area contributed by atoms with Gasteiger partial charge in [-0.1, -0.05) is 18.2 Å². The lowest BCUT2D eigenvalue weighted by Crippen LogP contribution is -2.46. The summed E-state index contributed by atoms with van der Waals surface area (Å²) in [5, 5.41) is 6.78. The maximum Gasteiger partial charge on any atom is 0.191 e. The zero-order valence-electron chi connectivity index (χ0n) is 16.2. The molecule has 2 aliphatic rings. The molecule has 0 bridgehead atoms. The van der Waals surface area contributed by atoms with Crippen molar-refractivity contribution in [2.24, 2.45) is 4.99 Å². The van der Waals surface area contributed by atoms with Gasteiger partial charge in [-0.15, -0.1) is 0 Å². The highest BCUT2D eigenvalue weighted by Gasteiger charge is 2.23. The average molecular weight is 361 g/mol. The summed E-state index contributed by atoms with van der Waals surface area (Å²) in [5.74, 6) is 1.85. The summed E-state index contributed by atoms with van der Waals surface area (Å²) in [5.41, 5.74) is 1.29. The number of hydrogen-bond donors (Lipinski definition) is 2. The topological polar surface area (TPSA) is 58.1 Å². The first-order chi connectivity index (χ1) is 12.6. The van der Waals surface area contributed by atoms with E-state index in [4.69, 9.17) is 9.47 Å². The maximum atomic E-state index is 5.96. The zero-order chi connectivity index (χ0) is 18.4. The van der Waals surface area contributed by atoms with E-state index in [0.717, 1.165) is 57.3 Å². The van der Waals surface area contributed by atoms with Gasteiger partial charge in [0.2, 0.25) is 0 Å². The van der Waals surface area contributed by atoms with Crippen molar-refractivity contribution in [3.63, 3.8) is 0 Å². The number of ether oxygens (including phenoxy) is 2. The van der Waals surface area contributed by atoms with Crippen LogP contribution in [-0.2, 0) is 11.2 Å². The predicted molar refractivity (Wildman–Crippen MR) is 105 cm³/mol. The minimum absolute atomic E-state index is 0.169. The number of morpholine rings is 1. The number of benzene rings is 1. The number of nitrogens with one attached hydrogen (secondary N) is 2. The van der Waals surface area contributed by atoms with Gasteiger partial charge in [-0.05, 0) is 31.9 Å². The van der Waals surface area contributed by atoms with Gasteiger partial charge < -0.3 is 20.1 Å². The van der Waals surface area contributed by atoms with E-state index in [0.29, 0.717) is 12.2 Å². The number of para-hydroxylation sites is 1. The van der Waals surface area contributed by atoms with E-state index in [1.54, 1.807) is 0 Å². The number of rotatable bonds is 6. The van der Waals surface area contributed by atoms with Gasteiger partial charge >= 0.3 is 0 Å². The maximum absolute atomic E-state index is 5.96. The zero-order valence-corrected chi connectivity index (χ0v) is 16.2. The second-order valence-corrected chi connectivity index (χ2v) is 7.30. The number of guanidine groups is 1. The Morgan fingerprint density at radius 3 is 2.69 bits per heavy atom. The standard InChI is InChI=1S/C20H32N4O2/c1-15-13-24(14-16(2)25-15)10-6-9-22-20(21-3)23-12-18-11-17-7-4-5-8-19(17)26-18/h4-5,7-8,15-16,18H,6,9-14H2,1-3H3,(H2,21,22,23). The van der Waals surface area contributed by atoms with Crippen LogP contribution in [0.1, 0.15) is 25.8 Å². The Labute approximate surface area is 157 Å². The molecule has 1 fully saturated rings. The minimum atomic E-state index is 0.169. The van der Waals surface area contributed by atoms with E-state index in [-0.39, 0.29) is 6.10 Å². The molecular weight excluding hydrogens is 328 g/mol. The van der Waals surface area contributed by atoms with Gasteiger partial charge in [-0.3, -0.25) is 9.89 Å². The highest BCUT2D eigenvalue weighted by Crippen LogP contribution is 2.27. The molecule has 1 aromatic carbocycles. The highest BCUT2D eigenvalue weighted by atomic mass is 16.5. The molecule has 0 spiro atoms. The van der Waals surface area contributed by atoms with E-state index in [2.05, 4.69) is 46.5 Å². The van der Waals surface area contributed by atoms with Crippen LogP contribution in [0.3, 0.4) is 0 Å². The second-order valence-electron chi connectivity index (χ2n) is 7.30. The number of fused-ring (bicyclic) bond motifs is 1. The van der Waals surface area contributed by atoms with Crippen LogP contribution in [0.15, 0.2) is 29.3 Å². The molecule has 3 unspecified atom stereocenters. The van der Waals surface area contributed by atoms with Crippen molar-refractivity contribution in [2.75, 3.05) is 39.8 Å². The third kappa shape index (κ3) is 5.35. The fraction of sp³-hybridized carbons (Fsp3) is 0.650. The Bertz CT molecular complexity index is 572. The van der Waals surface area contributed by atoms with Gasteiger partial charge in [-0.25, -0.2) is 0 Å². The van der Waals surface area contributed by atoms with Crippen LogP contribution in [0.25, 0.3) is 0 Å². The van der Waals surface area contributed by atoms with Crippen LogP contribution in [0.2, 0.25) is 0 Å². The summed E-state index contributed by atoms with van der Waals surface area (Å²) in [4.78, 5) is 6.80. The molecular formula is C20H32N4O2. The first-order valence-corrected chi connectivity index (χ1v) is 9.71. The molecule has 3 rings (SSSR count). The second kappa shape index (κ2) is 9.24. The lowest BCUT2D eigenvalue weighted by atomic mass is 10.1. The van der Waals surface area contributed by atoms with Crippen LogP contribution in [0.5, 0.6) is 5.75 Å². The first-order valence-electron chi connectivity index (χ1n) is 9.71. The normalized spacial score (nSPS) is 26.3. The summed E-state index contributed by atoms with van der Waals surface area (Å²) in [6.07, 6.45) is 2.87. The molecule has 2 N–H and O–H groups in total. The van der Waals surface area contributed by atoms with Crippen LogP contribution in [0.4, 0.5) is 0 Å². The minimum Gasteiger partial charge on any atom is -0.488 e. The summed E-state index contributed by atoms with van der Waals surface area (Å²) < 4.78 is 11.7. The number of nitrogens with zero attached hydrogens (tertiary/aromatic N) is 2. The molecule has 1 aromatic rings. The summed E-state index contributed by atoms with van der Waals surface area (Å²) in [7, 11) is 1.81. The molecule has 144 valence electrons. The van der Waals surface area contributed by atoms with Crippen molar-refractivity contribution in [1.82, 2.24) is 15.5 Å². The smallest absolute Gasteiger partial charge is 0.191 e. The third-order valence-electron chi connectivity index (χ3n) is 4.87. The van der Waals surface area contributed by atoms with Crippen molar-refractivity contribution in [3.8, 4) is 5.75 Å². The van der Waals surface area contributed by atoms with E-state index in [1.165, 1.54) is 5.56 Å². The van der Waals surface area contributed by atoms with Crippen LogP contribution in [-0.4, -0.2) is 68.9 Å². The van der Waals surface area contributed by atoms with Crippen molar-refractivity contribution in [2.45, 2.75) is 45.0 Å². The van der Waals surface area contributed by atoms with Crippen molar-refractivity contribution < 1.29 is 9.47 Å². The van der Waals surface area contributed by atoms with Crippen molar-refractivity contribution in [3.05, 3.63) is 29.8 Å². The van der Waals surface area contributed by atoms with E-state index in [9.17, 15) is 0 Å². The van der Waals surface area contributed by atoms with E-state index < -0.39 is 0 Å². The number of aliphatic imine (C=N–C) groups is 1. The molecule has 6 nitrogen and oxygen atoms in total. The Hall–Kier alpha value is -1.79. The highest BCUT2D eigenvalue weighted by molar-refractivity contribution is 5.79. The lowest BCUT2D eigenvalue weighted by molar-refractivity contribution is -0.0679. The van der Waals surface area contributed by atoms with Crippen LogP contribution in [0, 0.1) is 0 Å². The predicted octanol–water partition coefficient (Wildman–Crippen LogP) is 1.65. The van der Waals surface area contributed by atoms with Gasteiger partial charge in [0.05, 0.1) is 18.8 Å². The van der Waals surface area contributed by atoms with Crippen LogP contribution < -0.4 is 15.4 Å². The van der Waals surface area contributed by atoms with E-state index in [1.807, 2.05) is 19.2 Å². The summed E-state index contributed by atoms with van der Waals surface area (Å²) >= 11 is 0. The largest absolute Gasteiger partial charge is 0.488 e. The molecule has 0 saturated carbocycles. The fourth-order valence-corrected chi connectivity index (χ4v) is 3.78. The van der Waals surface area contributed by atoms with Gasteiger partial charge in [0.15, 0.2) is 5.96 Å². The Morgan fingerprint density at radius 2 is 1.96 bits per heavy atom. The Morgan fingerprint density at radius 1 is 1.19 bits per heavy atom. The van der Waals surface area contributed by atoms with Gasteiger partial charge in [0.1, 0.15) is 11.9 Å². The Kier molecular flexibility index (Phi) is 6.74. The molecule has 26 heavy (non-hydrogen) atoms. The molecule has 0 amide bonds.